The Morgan fingerprint density at radius 2 is 2.00 bits per heavy atom. The Morgan fingerprint density at radius 3 is 2.69 bits per heavy atom. The van der Waals surface area contributed by atoms with E-state index in [1.54, 1.807) is 0 Å². The molecule has 90 valence electrons. The second kappa shape index (κ2) is 5.51. The number of carbonyl (C=O) groups is 1. The summed E-state index contributed by atoms with van der Waals surface area (Å²) in [5.41, 5.74) is 0. The van der Waals surface area contributed by atoms with Gasteiger partial charge in [-0.3, -0.25) is 4.79 Å². The second-order valence-corrected chi connectivity index (χ2v) is 5.36. The van der Waals surface area contributed by atoms with E-state index in [-0.39, 0.29) is 5.92 Å². The van der Waals surface area contributed by atoms with Gasteiger partial charge in [0, 0.05) is 12.0 Å². The van der Waals surface area contributed by atoms with Crippen LogP contribution in [-0.2, 0) is 4.79 Å². The predicted molar refractivity (Wildman–Crippen MR) is 66.0 cm³/mol. The van der Waals surface area contributed by atoms with Crippen molar-refractivity contribution in [1.82, 2.24) is 5.32 Å². The molecule has 2 aliphatic rings. The van der Waals surface area contributed by atoms with E-state index in [4.69, 9.17) is 0 Å². The molecule has 16 heavy (non-hydrogen) atoms. The van der Waals surface area contributed by atoms with Crippen molar-refractivity contribution < 1.29 is 4.79 Å². The quantitative estimate of drug-likeness (QED) is 0.713. The zero-order valence-corrected chi connectivity index (χ0v) is 10.2. The lowest BCUT2D eigenvalue weighted by Crippen LogP contribution is -2.43. The maximum Gasteiger partial charge on any atom is 0.223 e. The van der Waals surface area contributed by atoms with Gasteiger partial charge in [0.2, 0.25) is 5.91 Å². The van der Waals surface area contributed by atoms with Gasteiger partial charge in [-0.25, -0.2) is 0 Å². The molecule has 2 rings (SSSR count). The summed E-state index contributed by atoms with van der Waals surface area (Å²) in [7, 11) is 0. The highest BCUT2D eigenvalue weighted by molar-refractivity contribution is 5.79. The van der Waals surface area contributed by atoms with Gasteiger partial charge in [-0.05, 0) is 38.0 Å². The summed E-state index contributed by atoms with van der Waals surface area (Å²) in [5, 5.41) is 3.27. The Morgan fingerprint density at radius 1 is 1.19 bits per heavy atom. The number of allylic oxidation sites excluding steroid dienone is 2. The van der Waals surface area contributed by atoms with Gasteiger partial charge in [0.25, 0.3) is 0 Å². The molecule has 1 amide bonds. The van der Waals surface area contributed by atoms with Crippen LogP contribution in [0, 0.1) is 11.8 Å². The SMILES string of the molecule is C[C@@H]1CCCC[C@@H]1NC(=O)[C@@H]1CC=CCC1. The van der Waals surface area contributed by atoms with Crippen molar-refractivity contribution in [3.63, 3.8) is 0 Å². The standard InChI is InChI=1S/C14H23NO/c1-11-7-5-6-10-13(11)15-14(16)12-8-3-2-4-9-12/h2-3,11-13H,4-10H2,1H3,(H,15,16)/t11-,12-,13+/m1/s1. The topological polar surface area (TPSA) is 29.1 Å². The number of hydrogen-bond donors (Lipinski definition) is 1. The highest BCUT2D eigenvalue weighted by Gasteiger charge is 2.26. The van der Waals surface area contributed by atoms with Crippen molar-refractivity contribution in [2.75, 3.05) is 0 Å². The van der Waals surface area contributed by atoms with Gasteiger partial charge in [0.05, 0.1) is 0 Å². The predicted octanol–water partition coefficient (Wildman–Crippen LogP) is 3.04. The molecule has 1 N–H and O–H groups in total. The number of hydrogen-bond acceptors (Lipinski definition) is 1. The molecular formula is C14H23NO. The van der Waals surface area contributed by atoms with Crippen LogP contribution in [0.5, 0.6) is 0 Å². The van der Waals surface area contributed by atoms with Gasteiger partial charge in [-0.2, -0.15) is 0 Å². The summed E-state index contributed by atoms with van der Waals surface area (Å²) in [5.74, 6) is 1.19. The minimum absolute atomic E-state index is 0.235. The normalized spacial score (nSPS) is 34.7. The first kappa shape index (κ1) is 11.7. The fourth-order valence-electron chi connectivity index (χ4n) is 2.86. The molecular weight excluding hydrogens is 198 g/mol. The van der Waals surface area contributed by atoms with E-state index in [0.717, 1.165) is 19.3 Å². The number of carbonyl (C=O) groups excluding carboxylic acids is 1. The average molecular weight is 221 g/mol. The second-order valence-electron chi connectivity index (χ2n) is 5.36. The number of rotatable bonds is 2. The maximum atomic E-state index is 12.1. The van der Waals surface area contributed by atoms with E-state index in [1.807, 2.05) is 0 Å². The van der Waals surface area contributed by atoms with Gasteiger partial charge in [0.15, 0.2) is 0 Å². The van der Waals surface area contributed by atoms with Crippen molar-refractivity contribution >= 4 is 5.91 Å². The van der Waals surface area contributed by atoms with Crippen molar-refractivity contribution in [3.05, 3.63) is 12.2 Å². The van der Waals surface area contributed by atoms with Crippen LogP contribution in [0.2, 0.25) is 0 Å². The fraction of sp³-hybridized carbons (Fsp3) is 0.786. The van der Waals surface area contributed by atoms with E-state index in [1.165, 1.54) is 25.7 Å². The zero-order chi connectivity index (χ0) is 11.4. The van der Waals surface area contributed by atoms with E-state index in [9.17, 15) is 4.79 Å². The van der Waals surface area contributed by atoms with Crippen LogP contribution < -0.4 is 5.32 Å². The molecule has 0 aromatic rings. The van der Waals surface area contributed by atoms with Crippen molar-refractivity contribution in [2.24, 2.45) is 11.8 Å². The van der Waals surface area contributed by atoms with Crippen LogP contribution in [0.1, 0.15) is 51.9 Å². The number of nitrogens with one attached hydrogen (secondary N) is 1. The smallest absolute Gasteiger partial charge is 0.223 e. The molecule has 0 aromatic heterocycles. The molecule has 0 spiro atoms. The molecule has 2 nitrogen and oxygen atoms in total. The van der Waals surface area contributed by atoms with Crippen LogP contribution >= 0.6 is 0 Å². The van der Waals surface area contributed by atoms with Gasteiger partial charge < -0.3 is 5.32 Å². The molecule has 3 atom stereocenters. The van der Waals surface area contributed by atoms with E-state index in [0.29, 0.717) is 17.9 Å². The minimum atomic E-state index is 0.235. The Labute approximate surface area is 98.5 Å². The third-order valence-electron chi connectivity index (χ3n) is 4.08. The molecule has 2 heteroatoms. The first-order chi connectivity index (χ1) is 7.77. The van der Waals surface area contributed by atoms with Crippen LogP contribution in [0.25, 0.3) is 0 Å². The Kier molecular flexibility index (Phi) is 4.03. The lowest BCUT2D eigenvalue weighted by molar-refractivity contribution is -0.126. The molecule has 0 bridgehead atoms. The van der Waals surface area contributed by atoms with Gasteiger partial charge in [-0.15, -0.1) is 0 Å². The maximum absolute atomic E-state index is 12.1. The molecule has 1 fully saturated rings. The summed E-state index contributed by atoms with van der Waals surface area (Å²) < 4.78 is 0. The average Bonchev–Trinajstić information content (AvgIpc) is 2.33. The van der Waals surface area contributed by atoms with Crippen LogP contribution in [0.4, 0.5) is 0 Å². The first-order valence-electron chi connectivity index (χ1n) is 6.72. The molecule has 2 aliphatic carbocycles. The van der Waals surface area contributed by atoms with Gasteiger partial charge in [0.1, 0.15) is 0 Å². The van der Waals surface area contributed by atoms with E-state index in [2.05, 4.69) is 24.4 Å². The summed E-state index contributed by atoms with van der Waals surface area (Å²) in [6.45, 7) is 2.27. The molecule has 0 radical (unpaired) electrons. The molecule has 0 heterocycles. The molecule has 0 aliphatic heterocycles. The fourth-order valence-corrected chi connectivity index (χ4v) is 2.86. The highest BCUT2D eigenvalue weighted by atomic mass is 16.1. The largest absolute Gasteiger partial charge is 0.353 e. The van der Waals surface area contributed by atoms with Crippen molar-refractivity contribution in [1.29, 1.82) is 0 Å². The summed E-state index contributed by atoms with van der Waals surface area (Å²) in [4.78, 5) is 12.1. The molecule has 1 saturated carbocycles. The monoisotopic (exact) mass is 221 g/mol. The summed E-state index contributed by atoms with van der Waals surface area (Å²) >= 11 is 0. The minimum Gasteiger partial charge on any atom is -0.353 e. The van der Waals surface area contributed by atoms with Crippen molar-refractivity contribution in [2.45, 2.75) is 57.9 Å². The highest BCUT2D eigenvalue weighted by Crippen LogP contribution is 2.25. The zero-order valence-electron chi connectivity index (χ0n) is 10.2. The first-order valence-corrected chi connectivity index (χ1v) is 6.72. The van der Waals surface area contributed by atoms with Crippen LogP contribution in [0.3, 0.4) is 0 Å². The van der Waals surface area contributed by atoms with Gasteiger partial charge in [-0.1, -0.05) is 31.9 Å². The summed E-state index contributed by atoms with van der Waals surface area (Å²) in [6, 6.07) is 0.437. The van der Waals surface area contributed by atoms with Crippen LogP contribution in [-0.4, -0.2) is 11.9 Å². The Bertz CT molecular complexity index is 272. The lowest BCUT2D eigenvalue weighted by Gasteiger charge is -2.31. The van der Waals surface area contributed by atoms with E-state index < -0.39 is 0 Å². The summed E-state index contributed by atoms with van der Waals surface area (Å²) in [6.07, 6.45) is 12.4. The Balaban J connectivity index is 1.83. The molecule has 0 unspecified atom stereocenters. The van der Waals surface area contributed by atoms with E-state index >= 15 is 0 Å². The van der Waals surface area contributed by atoms with Crippen LogP contribution in [0.15, 0.2) is 12.2 Å². The Hall–Kier alpha value is -0.790. The van der Waals surface area contributed by atoms with Crippen molar-refractivity contribution in [3.8, 4) is 0 Å². The molecule has 0 saturated heterocycles. The van der Waals surface area contributed by atoms with Gasteiger partial charge >= 0.3 is 0 Å². The molecule has 0 aromatic carbocycles. The third-order valence-corrected chi connectivity index (χ3v) is 4.08. The number of amides is 1. The lowest BCUT2D eigenvalue weighted by atomic mass is 9.85. The third kappa shape index (κ3) is 2.87.